The molecule has 0 aliphatic carbocycles. The minimum absolute atomic E-state index is 0.123. The number of carbonyl (C=O) groups is 3. The monoisotopic (exact) mass is 404 g/mol. The van der Waals surface area contributed by atoms with Crippen LogP contribution in [0.4, 0.5) is 0 Å². The van der Waals surface area contributed by atoms with Crippen LogP contribution in [-0.4, -0.2) is 23.0 Å². The summed E-state index contributed by atoms with van der Waals surface area (Å²) in [5.41, 5.74) is 1.79. The number of rotatable bonds is 4. The molecule has 2 heterocycles. The highest BCUT2D eigenvalue weighted by molar-refractivity contribution is 6.18. The molecule has 0 saturated carbocycles. The van der Waals surface area contributed by atoms with Crippen LogP contribution in [0.25, 0.3) is 17.4 Å². The van der Waals surface area contributed by atoms with E-state index >= 15 is 0 Å². The quantitative estimate of drug-likeness (QED) is 0.396. The van der Waals surface area contributed by atoms with E-state index in [9.17, 15) is 19.5 Å². The van der Waals surface area contributed by atoms with E-state index in [-0.39, 0.29) is 16.9 Å². The molecule has 30 heavy (non-hydrogen) atoms. The third-order valence-corrected chi connectivity index (χ3v) is 4.60. The molecule has 4 rings (SSSR count). The highest BCUT2D eigenvalue weighted by atomic mass is 16.7. The second-order valence-electron chi connectivity index (χ2n) is 6.65. The third-order valence-electron chi connectivity index (χ3n) is 4.60. The first kappa shape index (κ1) is 19.2. The van der Waals surface area contributed by atoms with Gasteiger partial charge in [-0.15, -0.1) is 0 Å². The van der Waals surface area contributed by atoms with E-state index in [0.717, 1.165) is 5.56 Å². The van der Waals surface area contributed by atoms with Crippen LogP contribution in [0.1, 0.15) is 33.5 Å². The average Bonchev–Trinajstić information content (AvgIpc) is 3.20. The van der Waals surface area contributed by atoms with Crippen LogP contribution in [0.5, 0.6) is 0 Å². The van der Waals surface area contributed by atoms with Crippen molar-refractivity contribution < 1.29 is 33.4 Å². The number of aryl methyl sites for hydroxylation is 1. The first-order chi connectivity index (χ1) is 14.4. The Morgan fingerprint density at radius 3 is 2.33 bits per heavy atom. The SMILES string of the molecule is Cc1ccc(C(=O)O)cc1-c1ccc(C=C2C(=O)OC(c3ccccc3)OC2=O)o1. The zero-order chi connectivity index (χ0) is 21.3. The van der Waals surface area contributed by atoms with Gasteiger partial charge in [-0.1, -0.05) is 36.4 Å². The molecular formula is C23H16O7. The summed E-state index contributed by atoms with van der Waals surface area (Å²) in [5.74, 6) is -2.05. The molecule has 3 aromatic rings. The number of carboxylic acid groups (broad SMARTS) is 1. The van der Waals surface area contributed by atoms with Gasteiger partial charge < -0.3 is 19.0 Å². The molecule has 7 heteroatoms. The van der Waals surface area contributed by atoms with Crippen molar-refractivity contribution in [1.29, 1.82) is 0 Å². The molecule has 1 saturated heterocycles. The van der Waals surface area contributed by atoms with Crippen LogP contribution in [-0.2, 0) is 19.1 Å². The lowest BCUT2D eigenvalue weighted by Crippen LogP contribution is -2.29. The van der Waals surface area contributed by atoms with Gasteiger partial charge in [0.15, 0.2) is 0 Å². The van der Waals surface area contributed by atoms with Gasteiger partial charge >= 0.3 is 17.9 Å². The largest absolute Gasteiger partial charge is 0.478 e. The number of cyclic esters (lactones) is 2. The smallest absolute Gasteiger partial charge is 0.349 e. The van der Waals surface area contributed by atoms with E-state index in [1.54, 1.807) is 48.5 Å². The molecule has 1 aliphatic heterocycles. The molecular weight excluding hydrogens is 388 g/mol. The van der Waals surface area contributed by atoms with Crippen molar-refractivity contribution in [1.82, 2.24) is 0 Å². The molecule has 1 aromatic heterocycles. The van der Waals surface area contributed by atoms with Crippen LogP contribution in [0.2, 0.25) is 0 Å². The number of furan rings is 1. The number of esters is 2. The van der Waals surface area contributed by atoms with Gasteiger partial charge in [0.25, 0.3) is 6.29 Å². The lowest BCUT2D eigenvalue weighted by atomic mass is 10.0. The number of ether oxygens (including phenoxy) is 2. The minimum atomic E-state index is -1.10. The maximum atomic E-state index is 12.3. The molecule has 0 atom stereocenters. The number of aromatic carboxylic acids is 1. The Balaban J connectivity index is 1.59. The van der Waals surface area contributed by atoms with Crippen LogP contribution < -0.4 is 0 Å². The van der Waals surface area contributed by atoms with Crippen LogP contribution in [0, 0.1) is 6.92 Å². The van der Waals surface area contributed by atoms with E-state index < -0.39 is 24.2 Å². The summed E-state index contributed by atoms with van der Waals surface area (Å²) in [7, 11) is 0. The maximum Gasteiger partial charge on any atom is 0.349 e. The van der Waals surface area contributed by atoms with E-state index in [2.05, 4.69) is 0 Å². The first-order valence-electron chi connectivity index (χ1n) is 9.05. The summed E-state index contributed by atoms with van der Waals surface area (Å²) < 4.78 is 16.2. The molecule has 0 spiro atoms. The number of carbonyl (C=O) groups excluding carboxylic acids is 2. The Bertz CT molecular complexity index is 1150. The van der Waals surface area contributed by atoms with E-state index in [1.165, 1.54) is 18.2 Å². The molecule has 1 fully saturated rings. The average molecular weight is 404 g/mol. The number of carboxylic acids is 1. The Hall–Kier alpha value is -4.13. The van der Waals surface area contributed by atoms with Gasteiger partial charge in [0.2, 0.25) is 0 Å². The highest BCUT2D eigenvalue weighted by Crippen LogP contribution is 2.30. The third kappa shape index (κ3) is 3.73. The zero-order valence-corrected chi connectivity index (χ0v) is 15.8. The first-order valence-corrected chi connectivity index (χ1v) is 9.05. The summed E-state index contributed by atoms with van der Waals surface area (Å²) in [6.45, 7) is 1.82. The Morgan fingerprint density at radius 1 is 0.967 bits per heavy atom. The topological polar surface area (TPSA) is 103 Å². The summed E-state index contributed by atoms with van der Waals surface area (Å²) in [5, 5.41) is 9.19. The molecule has 0 unspecified atom stereocenters. The van der Waals surface area contributed by atoms with Crippen molar-refractivity contribution in [2.45, 2.75) is 13.2 Å². The van der Waals surface area contributed by atoms with Crippen molar-refractivity contribution in [3.05, 3.63) is 88.7 Å². The minimum Gasteiger partial charge on any atom is -0.478 e. The molecule has 7 nitrogen and oxygen atoms in total. The van der Waals surface area contributed by atoms with Gasteiger partial charge in [-0.25, -0.2) is 14.4 Å². The van der Waals surface area contributed by atoms with Crippen molar-refractivity contribution in [3.8, 4) is 11.3 Å². The van der Waals surface area contributed by atoms with Gasteiger partial charge in [0, 0.05) is 17.2 Å². The second-order valence-corrected chi connectivity index (χ2v) is 6.65. The van der Waals surface area contributed by atoms with Gasteiger partial charge in [0.1, 0.15) is 17.1 Å². The van der Waals surface area contributed by atoms with Gasteiger partial charge in [-0.2, -0.15) is 0 Å². The second kappa shape index (κ2) is 7.71. The molecule has 2 aromatic carbocycles. The van der Waals surface area contributed by atoms with Crippen LogP contribution >= 0.6 is 0 Å². The molecule has 1 N–H and O–H groups in total. The van der Waals surface area contributed by atoms with Gasteiger partial charge in [-0.05, 0) is 36.8 Å². The Labute approximate surface area is 171 Å². The van der Waals surface area contributed by atoms with E-state index in [0.29, 0.717) is 16.9 Å². The molecule has 0 amide bonds. The fraction of sp³-hybridized carbons (Fsp3) is 0.0870. The number of benzene rings is 2. The molecule has 1 aliphatic rings. The lowest BCUT2D eigenvalue weighted by molar-refractivity contribution is -0.195. The van der Waals surface area contributed by atoms with E-state index in [4.69, 9.17) is 13.9 Å². The fourth-order valence-corrected chi connectivity index (χ4v) is 3.03. The van der Waals surface area contributed by atoms with Crippen molar-refractivity contribution in [3.63, 3.8) is 0 Å². The predicted molar refractivity (Wildman–Crippen MR) is 105 cm³/mol. The van der Waals surface area contributed by atoms with Crippen LogP contribution in [0.15, 0.2) is 70.7 Å². The van der Waals surface area contributed by atoms with E-state index in [1.807, 2.05) is 6.92 Å². The maximum absolute atomic E-state index is 12.3. The van der Waals surface area contributed by atoms with Crippen LogP contribution in [0.3, 0.4) is 0 Å². The molecule has 0 bridgehead atoms. The predicted octanol–water partition coefficient (Wildman–Crippen LogP) is 4.14. The summed E-state index contributed by atoms with van der Waals surface area (Å²) in [6, 6.07) is 16.5. The molecule has 0 radical (unpaired) electrons. The highest BCUT2D eigenvalue weighted by Gasteiger charge is 2.34. The standard InChI is InChI=1S/C23H16O7/c1-13-7-8-15(20(24)25)11-17(13)19-10-9-16(28-19)12-18-21(26)29-23(30-22(18)27)14-5-3-2-4-6-14/h2-12,23H,1H3,(H,24,25). The fourth-order valence-electron chi connectivity index (χ4n) is 3.03. The van der Waals surface area contributed by atoms with Gasteiger partial charge in [0.05, 0.1) is 5.56 Å². The molecule has 150 valence electrons. The summed E-state index contributed by atoms with van der Waals surface area (Å²) in [6.07, 6.45) is 0.142. The Kier molecular flexibility index (Phi) is 4.93. The lowest BCUT2D eigenvalue weighted by Gasteiger charge is -2.23. The van der Waals surface area contributed by atoms with Gasteiger partial charge in [-0.3, -0.25) is 0 Å². The number of hydrogen-bond donors (Lipinski definition) is 1. The normalized spacial score (nSPS) is 16.0. The Morgan fingerprint density at radius 2 is 1.67 bits per heavy atom. The van der Waals surface area contributed by atoms with Crippen molar-refractivity contribution >= 4 is 24.0 Å². The summed E-state index contributed by atoms with van der Waals surface area (Å²) in [4.78, 5) is 35.9. The number of hydrogen-bond acceptors (Lipinski definition) is 6. The van der Waals surface area contributed by atoms with Crippen molar-refractivity contribution in [2.75, 3.05) is 0 Å². The zero-order valence-electron chi connectivity index (χ0n) is 15.8. The van der Waals surface area contributed by atoms with Crippen molar-refractivity contribution in [2.24, 2.45) is 0 Å². The summed E-state index contributed by atoms with van der Waals surface area (Å²) >= 11 is 0.